The molecule has 0 saturated heterocycles. The Hall–Kier alpha value is -0.890. The van der Waals surface area contributed by atoms with Gasteiger partial charge in [0, 0.05) is 9.72 Å². The van der Waals surface area contributed by atoms with Crippen LogP contribution >= 0.6 is 27.7 Å². The zero-order valence-electron chi connectivity index (χ0n) is 11.4. The molecule has 0 radical (unpaired) electrons. The smallest absolute Gasteiger partial charge is 0.404 e. The minimum atomic E-state index is -4.74. The molecule has 8 heteroatoms. The van der Waals surface area contributed by atoms with E-state index in [0.717, 1.165) is 6.42 Å². The average Bonchev–Trinajstić information content (AvgIpc) is 2.29. The molecule has 2 unspecified atom stereocenters. The van der Waals surface area contributed by atoms with Gasteiger partial charge in [-0.1, -0.05) is 34.6 Å². The zero-order chi connectivity index (χ0) is 15.6. The minimum absolute atomic E-state index is 0.145. The minimum Gasteiger partial charge on any atom is -0.404 e. The number of rotatable bonds is 2. The average molecular weight is 383 g/mol. The first kappa shape index (κ1) is 16.5. The van der Waals surface area contributed by atoms with Crippen molar-refractivity contribution < 1.29 is 17.9 Å². The van der Waals surface area contributed by atoms with Crippen molar-refractivity contribution in [2.75, 3.05) is 5.32 Å². The van der Waals surface area contributed by atoms with E-state index in [4.69, 9.17) is 0 Å². The van der Waals surface area contributed by atoms with E-state index >= 15 is 0 Å². The lowest BCUT2D eigenvalue weighted by molar-refractivity contribution is -0.274. The Balaban J connectivity index is 2.23. The molecular formula is C13H14BrF3N2OS. The maximum atomic E-state index is 12.5. The summed E-state index contributed by atoms with van der Waals surface area (Å²) in [6.45, 7) is 4.04. The molecule has 0 aromatic heterocycles. The van der Waals surface area contributed by atoms with Crippen LogP contribution in [0.2, 0.25) is 0 Å². The number of thioether (sulfide) groups is 1. The first-order valence-corrected chi connectivity index (χ1v) is 7.97. The lowest BCUT2D eigenvalue weighted by Gasteiger charge is -2.24. The van der Waals surface area contributed by atoms with Crippen LogP contribution < -0.4 is 10.1 Å². The van der Waals surface area contributed by atoms with Gasteiger partial charge in [0.1, 0.15) is 0 Å². The molecule has 1 aliphatic heterocycles. The standard InChI is InChI=1S/C13H14BrF3N2OS/c1-7-5-8(2)21-12(18-7)19-10-4-3-9(14)6-11(10)20-13(15,16)17/h3-4,6-8H,5H2,1-2H3,(H,18,19). The maximum absolute atomic E-state index is 12.5. The van der Waals surface area contributed by atoms with Crippen molar-refractivity contribution in [3.05, 3.63) is 22.7 Å². The molecule has 0 fully saturated rings. The molecule has 2 atom stereocenters. The van der Waals surface area contributed by atoms with Crippen LogP contribution in [-0.4, -0.2) is 22.8 Å². The Morgan fingerprint density at radius 2 is 2.10 bits per heavy atom. The highest BCUT2D eigenvalue weighted by atomic mass is 79.9. The third kappa shape index (κ3) is 5.10. The highest BCUT2D eigenvalue weighted by Gasteiger charge is 2.32. The fraction of sp³-hybridized carbons (Fsp3) is 0.462. The maximum Gasteiger partial charge on any atom is 0.573 e. The quantitative estimate of drug-likeness (QED) is 0.778. The second kappa shape index (κ2) is 6.48. The third-order valence-corrected chi connectivity index (χ3v) is 4.25. The van der Waals surface area contributed by atoms with E-state index in [2.05, 4.69) is 37.9 Å². The summed E-state index contributed by atoms with van der Waals surface area (Å²) in [6, 6.07) is 4.59. The summed E-state index contributed by atoms with van der Waals surface area (Å²) in [4.78, 5) is 4.41. The Bertz CT molecular complexity index is 551. The number of aliphatic imine (C=N–C) groups is 1. The van der Waals surface area contributed by atoms with E-state index in [-0.39, 0.29) is 17.5 Å². The van der Waals surface area contributed by atoms with E-state index in [1.54, 1.807) is 6.07 Å². The highest BCUT2D eigenvalue weighted by molar-refractivity contribution is 9.10. The second-order valence-electron chi connectivity index (χ2n) is 4.76. The summed E-state index contributed by atoms with van der Waals surface area (Å²) in [5.74, 6) is -0.286. The summed E-state index contributed by atoms with van der Waals surface area (Å²) in [5.41, 5.74) is 0.239. The van der Waals surface area contributed by atoms with Crippen LogP contribution in [0.3, 0.4) is 0 Å². The van der Waals surface area contributed by atoms with Gasteiger partial charge in [-0.3, -0.25) is 4.99 Å². The van der Waals surface area contributed by atoms with Gasteiger partial charge in [0.15, 0.2) is 10.9 Å². The first-order chi connectivity index (χ1) is 9.73. The van der Waals surface area contributed by atoms with E-state index in [9.17, 15) is 13.2 Å². The van der Waals surface area contributed by atoms with Crippen LogP contribution in [0.25, 0.3) is 0 Å². The van der Waals surface area contributed by atoms with Gasteiger partial charge in [0.05, 0.1) is 11.7 Å². The molecule has 2 rings (SSSR count). The monoisotopic (exact) mass is 382 g/mol. The molecule has 21 heavy (non-hydrogen) atoms. The third-order valence-electron chi connectivity index (χ3n) is 2.73. The van der Waals surface area contributed by atoms with Crippen LogP contribution in [-0.2, 0) is 0 Å². The molecule has 0 saturated carbocycles. The van der Waals surface area contributed by atoms with Gasteiger partial charge in [-0.25, -0.2) is 0 Å². The number of nitrogens with zero attached hydrogens (tertiary/aromatic N) is 1. The highest BCUT2D eigenvalue weighted by Crippen LogP contribution is 2.35. The predicted octanol–water partition coefficient (Wildman–Crippen LogP) is 5.03. The Kier molecular flexibility index (Phi) is 5.08. The summed E-state index contributed by atoms with van der Waals surface area (Å²) in [5, 5.41) is 3.90. The van der Waals surface area contributed by atoms with Crippen LogP contribution in [0.1, 0.15) is 20.3 Å². The number of amidine groups is 1. The van der Waals surface area contributed by atoms with Gasteiger partial charge < -0.3 is 10.1 Å². The van der Waals surface area contributed by atoms with E-state index in [0.29, 0.717) is 14.9 Å². The van der Waals surface area contributed by atoms with E-state index in [1.165, 1.54) is 23.9 Å². The number of benzene rings is 1. The van der Waals surface area contributed by atoms with Gasteiger partial charge in [-0.15, -0.1) is 13.2 Å². The second-order valence-corrected chi connectivity index (χ2v) is 7.10. The summed E-state index contributed by atoms with van der Waals surface area (Å²) in [6.07, 6.45) is -3.79. The molecule has 1 aromatic rings. The number of hydrogen-bond acceptors (Lipinski definition) is 4. The Labute approximate surface area is 133 Å². The number of anilines is 1. The zero-order valence-corrected chi connectivity index (χ0v) is 13.8. The molecule has 1 heterocycles. The van der Waals surface area contributed by atoms with Crippen molar-refractivity contribution in [2.24, 2.45) is 4.99 Å². The molecule has 0 amide bonds. The van der Waals surface area contributed by atoms with Crippen LogP contribution in [0.4, 0.5) is 18.9 Å². The molecule has 1 aliphatic rings. The number of alkyl halides is 3. The van der Waals surface area contributed by atoms with Crippen LogP contribution in [0, 0.1) is 0 Å². The van der Waals surface area contributed by atoms with Gasteiger partial charge in [0.2, 0.25) is 0 Å². The molecule has 1 aromatic carbocycles. The lowest BCUT2D eigenvalue weighted by atomic mass is 10.2. The van der Waals surface area contributed by atoms with Crippen molar-refractivity contribution in [1.82, 2.24) is 0 Å². The summed E-state index contributed by atoms with van der Waals surface area (Å²) >= 11 is 4.64. The molecule has 0 bridgehead atoms. The predicted molar refractivity (Wildman–Crippen MR) is 83.0 cm³/mol. The Morgan fingerprint density at radius 1 is 1.38 bits per heavy atom. The largest absolute Gasteiger partial charge is 0.573 e. The van der Waals surface area contributed by atoms with Gasteiger partial charge >= 0.3 is 6.36 Å². The normalized spacial score (nSPS) is 22.7. The molecule has 1 N–H and O–H groups in total. The van der Waals surface area contributed by atoms with E-state index < -0.39 is 6.36 Å². The fourth-order valence-corrected chi connectivity index (χ4v) is 3.49. The SMILES string of the molecule is CC1CC(C)SC(Nc2ccc(Br)cc2OC(F)(F)F)=N1. The van der Waals surface area contributed by atoms with Gasteiger partial charge in [0.25, 0.3) is 0 Å². The van der Waals surface area contributed by atoms with Crippen LogP contribution in [0.15, 0.2) is 27.7 Å². The van der Waals surface area contributed by atoms with Crippen molar-refractivity contribution in [3.8, 4) is 5.75 Å². The summed E-state index contributed by atoms with van der Waals surface area (Å²) in [7, 11) is 0. The van der Waals surface area contributed by atoms with Crippen molar-refractivity contribution in [1.29, 1.82) is 0 Å². The molecule has 116 valence electrons. The number of hydrogen-bond donors (Lipinski definition) is 1. The molecule has 0 spiro atoms. The van der Waals surface area contributed by atoms with E-state index in [1.807, 2.05) is 6.92 Å². The van der Waals surface area contributed by atoms with Gasteiger partial charge in [-0.2, -0.15) is 0 Å². The van der Waals surface area contributed by atoms with Crippen molar-refractivity contribution >= 4 is 38.5 Å². The molecule has 0 aliphatic carbocycles. The lowest BCUT2D eigenvalue weighted by Crippen LogP contribution is -2.24. The van der Waals surface area contributed by atoms with Crippen molar-refractivity contribution in [3.63, 3.8) is 0 Å². The fourth-order valence-electron chi connectivity index (χ4n) is 1.99. The number of halogens is 4. The van der Waals surface area contributed by atoms with Crippen LogP contribution in [0.5, 0.6) is 5.75 Å². The van der Waals surface area contributed by atoms with Gasteiger partial charge in [-0.05, 0) is 31.5 Å². The topological polar surface area (TPSA) is 33.6 Å². The summed E-state index contributed by atoms with van der Waals surface area (Å²) < 4.78 is 41.9. The number of nitrogens with one attached hydrogen (secondary N) is 1. The Morgan fingerprint density at radius 3 is 2.71 bits per heavy atom. The molecule has 3 nitrogen and oxygen atoms in total. The molecular weight excluding hydrogens is 369 g/mol. The number of ether oxygens (including phenoxy) is 1. The van der Waals surface area contributed by atoms with Crippen molar-refractivity contribution in [2.45, 2.75) is 37.9 Å². The first-order valence-electron chi connectivity index (χ1n) is 6.30.